The van der Waals surface area contributed by atoms with Gasteiger partial charge < -0.3 is 14.2 Å². The standard InChI is InChI=1S/C30H37N3O5SSi/c1-22-14-16-37-27(22)29(35)32-26-11-8-10-23(19-26)12-13-24-18-25(21-31-20-24)28(34)33-39(5,36)17-9-15-38-40(6,7)30(2,3)4/h8,10-11,14,16-21H,9,15H2,1-7H3,(H,32,35)(H,33,34,36). The Hall–Kier alpha value is -3.65. The molecule has 0 saturated heterocycles. The first-order valence-corrected chi connectivity index (χ1v) is 17.8. The molecule has 0 aliphatic heterocycles. The summed E-state index contributed by atoms with van der Waals surface area (Å²) in [4.78, 5) is 29.3. The van der Waals surface area contributed by atoms with Gasteiger partial charge in [-0.3, -0.25) is 19.3 Å². The van der Waals surface area contributed by atoms with Gasteiger partial charge in [0.05, 0.1) is 11.8 Å². The van der Waals surface area contributed by atoms with Crippen LogP contribution in [0.2, 0.25) is 18.1 Å². The Kier molecular flexibility index (Phi) is 9.79. The average Bonchev–Trinajstić information content (AvgIpc) is 3.31. The number of aryl methyl sites for hydroxylation is 1. The number of rotatable bonds is 8. The number of carbonyl (C=O) groups excluding carboxylic acids is 2. The SMILES string of the molecule is Cc1ccoc1C(=O)Nc1cccc(C#Cc2cncc(C(=O)NS(C)(=O)=CCCO[Si](C)(C)C(C)(C)C)c2)c1. The van der Waals surface area contributed by atoms with Gasteiger partial charge >= 0.3 is 0 Å². The molecule has 8 nitrogen and oxygen atoms in total. The maximum absolute atomic E-state index is 13.0. The molecule has 1 atom stereocenters. The Balaban J connectivity index is 1.64. The molecule has 40 heavy (non-hydrogen) atoms. The Morgan fingerprint density at radius 3 is 2.50 bits per heavy atom. The highest BCUT2D eigenvalue weighted by Gasteiger charge is 2.36. The van der Waals surface area contributed by atoms with Crippen molar-refractivity contribution in [2.75, 3.05) is 18.2 Å². The van der Waals surface area contributed by atoms with Crippen molar-refractivity contribution in [2.24, 2.45) is 0 Å². The van der Waals surface area contributed by atoms with E-state index in [1.807, 2.05) is 6.07 Å². The smallest absolute Gasteiger partial charge is 0.291 e. The van der Waals surface area contributed by atoms with Gasteiger partial charge in [0, 0.05) is 57.3 Å². The van der Waals surface area contributed by atoms with E-state index in [9.17, 15) is 13.8 Å². The zero-order valence-electron chi connectivity index (χ0n) is 24.1. The number of hydrogen-bond acceptors (Lipinski definition) is 6. The summed E-state index contributed by atoms with van der Waals surface area (Å²) in [6.45, 7) is 13.1. The second kappa shape index (κ2) is 12.7. The van der Waals surface area contributed by atoms with Gasteiger partial charge in [-0.15, -0.1) is 0 Å². The predicted molar refractivity (Wildman–Crippen MR) is 163 cm³/mol. The van der Waals surface area contributed by atoms with Gasteiger partial charge in [0.25, 0.3) is 11.8 Å². The average molecular weight is 580 g/mol. The second-order valence-electron chi connectivity index (χ2n) is 11.1. The molecular formula is C30H37N3O5SSi. The molecule has 2 aromatic heterocycles. The lowest BCUT2D eigenvalue weighted by Gasteiger charge is -2.36. The minimum absolute atomic E-state index is 0.0913. The first-order valence-electron chi connectivity index (χ1n) is 12.9. The van der Waals surface area contributed by atoms with Crippen LogP contribution in [0.4, 0.5) is 5.69 Å². The molecule has 0 fully saturated rings. The molecule has 10 heteroatoms. The maximum Gasteiger partial charge on any atom is 0.291 e. The van der Waals surface area contributed by atoms with Crippen LogP contribution in [0.3, 0.4) is 0 Å². The van der Waals surface area contributed by atoms with Gasteiger partial charge in [0.1, 0.15) is 0 Å². The summed E-state index contributed by atoms with van der Waals surface area (Å²) >= 11 is 0. The zero-order valence-corrected chi connectivity index (χ0v) is 25.9. The van der Waals surface area contributed by atoms with Crippen LogP contribution in [0.25, 0.3) is 0 Å². The fourth-order valence-electron chi connectivity index (χ4n) is 3.33. The van der Waals surface area contributed by atoms with E-state index in [1.165, 1.54) is 18.7 Å². The lowest BCUT2D eigenvalue weighted by molar-refractivity contribution is 0.0978. The lowest BCUT2D eigenvalue weighted by atomic mass is 10.1. The number of nitrogens with zero attached hydrogens (tertiary/aromatic N) is 1. The number of furan rings is 1. The van der Waals surface area contributed by atoms with Crippen LogP contribution in [0, 0.1) is 18.8 Å². The van der Waals surface area contributed by atoms with Gasteiger partial charge in [-0.05, 0) is 67.2 Å². The molecule has 2 heterocycles. The normalized spacial score (nSPS) is 13.0. The van der Waals surface area contributed by atoms with Crippen LogP contribution in [-0.2, 0) is 14.1 Å². The van der Waals surface area contributed by atoms with E-state index in [2.05, 4.69) is 60.7 Å². The molecule has 0 aliphatic carbocycles. The minimum Gasteiger partial charge on any atom is -0.459 e. The Morgan fingerprint density at radius 2 is 1.82 bits per heavy atom. The van der Waals surface area contributed by atoms with Crippen LogP contribution in [0.5, 0.6) is 0 Å². The Morgan fingerprint density at radius 1 is 1.10 bits per heavy atom. The molecule has 2 amide bonds. The van der Waals surface area contributed by atoms with Gasteiger partial charge in [-0.1, -0.05) is 38.7 Å². The summed E-state index contributed by atoms with van der Waals surface area (Å²) in [6, 6.07) is 10.4. The summed E-state index contributed by atoms with van der Waals surface area (Å²) in [5.74, 6) is 5.43. The van der Waals surface area contributed by atoms with Gasteiger partial charge in [-0.25, -0.2) is 4.21 Å². The highest BCUT2D eigenvalue weighted by Crippen LogP contribution is 2.36. The molecule has 0 bridgehead atoms. The molecule has 1 unspecified atom stereocenters. The first kappa shape index (κ1) is 30.9. The monoisotopic (exact) mass is 579 g/mol. The summed E-state index contributed by atoms with van der Waals surface area (Å²) in [6.07, 6.45) is 6.38. The molecule has 0 spiro atoms. The van der Waals surface area contributed by atoms with Crippen LogP contribution >= 0.6 is 0 Å². The van der Waals surface area contributed by atoms with E-state index in [0.717, 1.165) is 5.56 Å². The number of benzene rings is 1. The summed E-state index contributed by atoms with van der Waals surface area (Å²) in [7, 11) is -4.62. The van der Waals surface area contributed by atoms with Gasteiger partial charge in [0.15, 0.2) is 14.1 Å². The number of hydrogen-bond donors (Lipinski definition) is 2. The van der Waals surface area contributed by atoms with Crippen molar-refractivity contribution in [2.45, 2.75) is 52.2 Å². The molecule has 2 N–H and O–H groups in total. The minimum atomic E-state index is -2.73. The largest absolute Gasteiger partial charge is 0.459 e. The number of aromatic nitrogens is 1. The topological polar surface area (TPSA) is 111 Å². The molecule has 0 saturated carbocycles. The van der Waals surface area contributed by atoms with Crippen molar-refractivity contribution >= 4 is 40.9 Å². The van der Waals surface area contributed by atoms with E-state index in [0.29, 0.717) is 29.8 Å². The van der Waals surface area contributed by atoms with E-state index < -0.39 is 23.9 Å². The molecule has 3 rings (SSSR count). The first-order chi connectivity index (χ1) is 18.7. The molecule has 1 aromatic carbocycles. The molecule has 0 radical (unpaired) electrons. The number of nitrogens with one attached hydrogen (secondary N) is 2. The van der Waals surface area contributed by atoms with E-state index in [1.54, 1.807) is 48.8 Å². The summed E-state index contributed by atoms with van der Waals surface area (Å²) in [5.41, 5.74) is 2.75. The highest BCUT2D eigenvalue weighted by atomic mass is 32.2. The summed E-state index contributed by atoms with van der Waals surface area (Å²) in [5, 5.41) is 4.50. The fraction of sp³-hybridized carbons (Fsp3) is 0.333. The van der Waals surface area contributed by atoms with Crippen LogP contribution in [0.15, 0.2) is 59.5 Å². The van der Waals surface area contributed by atoms with Crippen molar-refractivity contribution in [3.63, 3.8) is 0 Å². The molecule has 212 valence electrons. The third-order valence-corrected chi connectivity index (χ3v) is 12.7. The van der Waals surface area contributed by atoms with Crippen molar-refractivity contribution in [1.29, 1.82) is 0 Å². The number of amides is 2. The van der Waals surface area contributed by atoms with E-state index in [4.69, 9.17) is 8.84 Å². The van der Waals surface area contributed by atoms with Crippen LogP contribution < -0.4 is 10.0 Å². The third kappa shape index (κ3) is 8.68. The highest BCUT2D eigenvalue weighted by molar-refractivity contribution is 7.99. The quantitative estimate of drug-likeness (QED) is 0.160. The maximum atomic E-state index is 13.0. The third-order valence-electron chi connectivity index (χ3n) is 6.66. The fourth-order valence-corrected chi connectivity index (χ4v) is 5.51. The van der Waals surface area contributed by atoms with Crippen molar-refractivity contribution in [3.8, 4) is 11.8 Å². The lowest BCUT2D eigenvalue weighted by Crippen LogP contribution is -2.41. The molecular weight excluding hydrogens is 542 g/mol. The van der Waals surface area contributed by atoms with Crippen molar-refractivity contribution in [3.05, 3.63) is 83.1 Å². The Labute approximate surface area is 238 Å². The van der Waals surface area contributed by atoms with Gasteiger partial charge in [0.2, 0.25) is 0 Å². The van der Waals surface area contributed by atoms with E-state index >= 15 is 0 Å². The second-order valence-corrected chi connectivity index (χ2v) is 18.2. The predicted octanol–water partition coefficient (Wildman–Crippen LogP) is 5.41. The number of pyridine rings is 1. The number of anilines is 1. The van der Waals surface area contributed by atoms with Crippen molar-refractivity contribution < 1.29 is 22.6 Å². The number of carbonyl (C=O) groups is 2. The molecule has 3 aromatic rings. The summed E-state index contributed by atoms with van der Waals surface area (Å²) < 4.78 is 26.9. The van der Waals surface area contributed by atoms with Crippen molar-refractivity contribution in [1.82, 2.24) is 9.71 Å². The Bertz CT molecular complexity index is 1570. The van der Waals surface area contributed by atoms with Crippen LogP contribution in [0.1, 0.15) is 64.8 Å². The molecule has 0 aliphatic rings. The zero-order chi connectivity index (χ0) is 29.6. The van der Waals surface area contributed by atoms with E-state index in [-0.39, 0.29) is 22.3 Å². The van der Waals surface area contributed by atoms with Crippen LogP contribution in [-0.4, -0.2) is 47.6 Å². The van der Waals surface area contributed by atoms with Gasteiger partial charge in [-0.2, -0.15) is 0 Å².